The molecule has 0 fully saturated rings. The average Bonchev–Trinajstić information content (AvgIpc) is 2.41. The number of nitro benzene ring substituents is 1. The van der Waals surface area contributed by atoms with E-state index in [1.165, 1.54) is 6.07 Å². The van der Waals surface area contributed by atoms with Crippen molar-refractivity contribution in [3.05, 3.63) is 66.1 Å². The fourth-order valence-electron chi connectivity index (χ4n) is 1.87. The first-order valence-corrected chi connectivity index (χ1v) is 7.56. The lowest BCUT2D eigenvalue weighted by atomic mass is 10.1. The summed E-state index contributed by atoms with van der Waals surface area (Å²) in [5.41, 5.74) is 2.11. The second-order valence-corrected chi connectivity index (χ2v) is 6.08. The molecular weight excluding hydrogens is 379 g/mol. The molecule has 0 radical (unpaired) electrons. The van der Waals surface area contributed by atoms with Crippen molar-refractivity contribution in [2.24, 2.45) is 0 Å². The van der Waals surface area contributed by atoms with E-state index in [1.807, 2.05) is 6.07 Å². The maximum absolute atomic E-state index is 11.0. The van der Waals surface area contributed by atoms with Gasteiger partial charge in [-0.25, -0.2) is 0 Å². The molecule has 0 atom stereocenters. The van der Waals surface area contributed by atoms with Gasteiger partial charge >= 0.3 is 0 Å². The van der Waals surface area contributed by atoms with Crippen LogP contribution in [-0.4, -0.2) is 4.92 Å². The molecule has 0 aromatic heterocycles. The lowest BCUT2D eigenvalue weighted by Gasteiger charge is -2.11. The van der Waals surface area contributed by atoms with Gasteiger partial charge in [0, 0.05) is 22.6 Å². The van der Waals surface area contributed by atoms with Crippen LogP contribution in [0.3, 0.4) is 0 Å². The minimum atomic E-state index is -0.403. The van der Waals surface area contributed by atoms with E-state index in [0.29, 0.717) is 27.8 Å². The molecule has 2 aromatic rings. The van der Waals surface area contributed by atoms with Gasteiger partial charge in [0.15, 0.2) is 0 Å². The number of nitrogens with one attached hydrogen (secondary N) is 1. The standard InChI is InChI=1S/C14H11BrCl2N2O2/c1-8-5-10(15)12(6-13(8)19(20)21)18-7-9-3-2-4-11(16)14(9)17/h2-6,18H,7H2,1H3. The summed E-state index contributed by atoms with van der Waals surface area (Å²) in [5.74, 6) is 0. The molecule has 0 amide bonds. The van der Waals surface area contributed by atoms with Crippen LogP contribution in [0.1, 0.15) is 11.1 Å². The van der Waals surface area contributed by atoms with Crippen LogP contribution in [0.2, 0.25) is 10.0 Å². The number of nitro groups is 1. The first kappa shape index (κ1) is 16.1. The van der Waals surface area contributed by atoms with Crippen molar-refractivity contribution < 1.29 is 4.92 Å². The summed E-state index contributed by atoms with van der Waals surface area (Å²) in [6.45, 7) is 2.11. The van der Waals surface area contributed by atoms with Crippen molar-refractivity contribution in [2.45, 2.75) is 13.5 Å². The molecule has 4 nitrogen and oxygen atoms in total. The normalized spacial score (nSPS) is 10.5. The number of aryl methyl sites for hydroxylation is 1. The highest BCUT2D eigenvalue weighted by Gasteiger charge is 2.14. The summed E-state index contributed by atoms with van der Waals surface area (Å²) in [5, 5.41) is 15.1. The van der Waals surface area contributed by atoms with Gasteiger partial charge in [0.05, 0.1) is 20.7 Å². The number of rotatable bonds is 4. The van der Waals surface area contributed by atoms with Gasteiger partial charge in [-0.3, -0.25) is 10.1 Å². The summed E-state index contributed by atoms with van der Waals surface area (Å²) < 4.78 is 0.753. The maximum atomic E-state index is 11.0. The Bertz CT molecular complexity index is 708. The molecule has 0 bridgehead atoms. The van der Waals surface area contributed by atoms with Crippen molar-refractivity contribution in [1.29, 1.82) is 0 Å². The third kappa shape index (κ3) is 3.67. The predicted octanol–water partition coefficient (Wildman–Crippen LogP) is 5.58. The van der Waals surface area contributed by atoms with Gasteiger partial charge < -0.3 is 5.32 Å². The van der Waals surface area contributed by atoms with Crippen molar-refractivity contribution in [3.8, 4) is 0 Å². The quantitative estimate of drug-likeness (QED) is 0.548. The smallest absolute Gasteiger partial charge is 0.274 e. The molecule has 0 aliphatic heterocycles. The minimum absolute atomic E-state index is 0.0675. The molecule has 2 aromatic carbocycles. The van der Waals surface area contributed by atoms with Crippen LogP contribution >= 0.6 is 39.1 Å². The molecule has 0 spiro atoms. The molecule has 0 heterocycles. The number of anilines is 1. The molecule has 0 saturated heterocycles. The van der Waals surface area contributed by atoms with Gasteiger partial charge in [-0.2, -0.15) is 0 Å². The highest BCUT2D eigenvalue weighted by atomic mass is 79.9. The second-order valence-electron chi connectivity index (χ2n) is 4.44. The number of hydrogen-bond acceptors (Lipinski definition) is 3. The number of hydrogen-bond donors (Lipinski definition) is 1. The molecular formula is C14H11BrCl2N2O2. The summed E-state index contributed by atoms with van der Waals surface area (Å²) in [6.07, 6.45) is 0. The predicted molar refractivity (Wildman–Crippen MR) is 89.3 cm³/mol. The summed E-state index contributed by atoms with van der Waals surface area (Å²) in [6, 6.07) is 8.56. The van der Waals surface area contributed by atoms with Crippen LogP contribution in [0.15, 0.2) is 34.8 Å². The molecule has 0 aliphatic rings. The molecule has 21 heavy (non-hydrogen) atoms. The summed E-state index contributed by atoms with van der Waals surface area (Å²) in [4.78, 5) is 10.6. The third-order valence-corrected chi connectivity index (χ3v) is 4.50. The Hall–Kier alpha value is -1.30. The Morgan fingerprint density at radius 2 is 2.05 bits per heavy atom. The molecule has 7 heteroatoms. The minimum Gasteiger partial charge on any atom is -0.380 e. The van der Waals surface area contributed by atoms with E-state index in [4.69, 9.17) is 23.2 Å². The van der Waals surface area contributed by atoms with Crippen LogP contribution in [-0.2, 0) is 6.54 Å². The summed E-state index contributed by atoms with van der Waals surface area (Å²) >= 11 is 15.5. The number of benzene rings is 2. The van der Waals surface area contributed by atoms with Crippen LogP contribution in [0, 0.1) is 17.0 Å². The maximum Gasteiger partial charge on any atom is 0.274 e. The average molecular weight is 390 g/mol. The molecule has 0 saturated carbocycles. The van der Waals surface area contributed by atoms with Gasteiger partial charge in [0.1, 0.15) is 0 Å². The lowest BCUT2D eigenvalue weighted by Crippen LogP contribution is -2.02. The number of nitrogens with zero attached hydrogens (tertiary/aromatic N) is 1. The van der Waals surface area contributed by atoms with Crippen LogP contribution in [0.25, 0.3) is 0 Å². The van der Waals surface area contributed by atoms with E-state index in [0.717, 1.165) is 10.0 Å². The zero-order valence-electron chi connectivity index (χ0n) is 11.0. The lowest BCUT2D eigenvalue weighted by molar-refractivity contribution is -0.385. The van der Waals surface area contributed by atoms with Crippen molar-refractivity contribution >= 4 is 50.5 Å². The molecule has 2 rings (SSSR count). The van der Waals surface area contributed by atoms with Crippen molar-refractivity contribution in [1.82, 2.24) is 0 Å². The molecule has 0 unspecified atom stereocenters. The zero-order chi connectivity index (χ0) is 15.6. The van der Waals surface area contributed by atoms with E-state index < -0.39 is 4.92 Å². The molecule has 0 aliphatic carbocycles. The van der Waals surface area contributed by atoms with Gasteiger partial charge in [0.2, 0.25) is 0 Å². The Labute approximate surface area is 140 Å². The first-order chi connectivity index (χ1) is 9.90. The third-order valence-electron chi connectivity index (χ3n) is 2.98. The van der Waals surface area contributed by atoms with E-state index >= 15 is 0 Å². The van der Waals surface area contributed by atoms with Gasteiger partial charge in [0.25, 0.3) is 5.69 Å². The Balaban J connectivity index is 2.26. The van der Waals surface area contributed by atoms with E-state index in [9.17, 15) is 10.1 Å². The van der Waals surface area contributed by atoms with E-state index in [1.54, 1.807) is 25.1 Å². The van der Waals surface area contributed by atoms with E-state index in [2.05, 4.69) is 21.2 Å². The Morgan fingerprint density at radius 3 is 2.71 bits per heavy atom. The van der Waals surface area contributed by atoms with Gasteiger partial charge in [-0.05, 0) is 40.5 Å². The monoisotopic (exact) mass is 388 g/mol. The fourth-order valence-corrected chi connectivity index (χ4v) is 2.85. The highest BCUT2D eigenvalue weighted by Crippen LogP contribution is 2.32. The highest BCUT2D eigenvalue weighted by molar-refractivity contribution is 9.10. The topological polar surface area (TPSA) is 55.2 Å². The van der Waals surface area contributed by atoms with Crippen LogP contribution in [0.5, 0.6) is 0 Å². The van der Waals surface area contributed by atoms with Crippen LogP contribution in [0.4, 0.5) is 11.4 Å². The second kappa shape index (κ2) is 6.64. The van der Waals surface area contributed by atoms with Crippen LogP contribution < -0.4 is 5.32 Å². The Morgan fingerprint density at radius 1 is 1.33 bits per heavy atom. The Kier molecular flexibility index (Phi) is 5.08. The molecule has 1 N–H and O–H groups in total. The largest absolute Gasteiger partial charge is 0.380 e. The van der Waals surface area contributed by atoms with E-state index in [-0.39, 0.29) is 5.69 Å². The van der Waals surface area contributed by atoms with Gasteiger partial charge in [-0.15, -0.1) is 0 Å². The SMILES string of the molecule is Cc1cc(Br)c(NCc2cccc(Cl)c2Cl)cc1[N+](=O)[O-]. The van der Waals surface area contributed by atoms with Crippen molar-refractivity contribution in [2.75, 3.05) is 5.32 Å². The van der Waals surface area contributed by atoms with Crippen molar-refractivity contribution in [3.63, 3.8) is 0 Å². The first-order valence-electron chi connectivity index (χ1n) is 6.01. The van der Waals surface area contributed by atoms with Gasteiger partial charge in [-0.1, -0.05) is 35.3 Å². The fraction of sp³-hybridized carbons (Fsp3) is 0.143. The zero-order valence-corrected chi connectivity index (χ0v) is 14.1. The summed E-state index contributed by atoms with van der Waals surface area (Å²) in [7, 11) is 0. The number of halogens is 3. The molecule has 110 valence electrons.